The summed E-state index contributed by atoms with van der Waals surface area (Å²) in [6, 6.07) is 2.25. The van der Waals surface area contributed by atoms with E-state index < -0.39 is 33.6 Å². The summed E-state index contributed by atoms with van der Waals surface area (Å²) in [4.78, 5) is 3.95. The van der Waals surface area contributed by atoms with Gasteiger partial charge >= 0.3 is 6.18 Å². The number of rotatable bonds is 5. The van der Waals surface area contributed by atoms with Crippen molar-refractivity contribution >= 4 is 15.7 Å². The number of hydrogen-bond acceptors (Lipinski definition) is 5. The number of nitrogens with one attached hydrogen (secondary N) is 1. The smallest absolute Gasteiger partial charge is 0.381 e. The molecule has 0 bridgehead atoms. The highest BCUT2D eigenvalue weighted by atomic mass is 32.2. The molecule has 12 heteroatoms. The van der Waals surface area contributed by atoms with Gasteiger partial charge in [0.2, 0.25) is 0 Å². The molecule has 0 aliphatic carbocycles. The molecule has 2 aliphatic heterocycles. The molecule has 0 saturated carbocycles. The van der Waals surface area contributed by atoms with Gasteiger partial charge in [0.05, 0.1) is 11.9 Å². The lowest BCUT2D eigenvalue weighted by Crippen LogP contribution is -2.36. The van der Waals surface area contributed by atoms with Crippen LogP contribution in [0.4, 0.5) is 23.2 Å². The van der Waals surface area contributed by atoms with Crippen molar-refractivity contribution in [2.75, 3.05) is 31.6 Å². The average Bonchev–Trinajstić information content (AvgIpc) is 3.36. The number of alkyl halides is 3. The van der Waals surface area contributed by atoms with Crippen LogP contribution in [0.3, 0.4) is 0 Å². The zero-order valence-corrected chi connectivity index (χ0v) is 18.2. The van der Waals surface area contributed by atoms with Gasteiger partial charge in [0.1, 0.15) is 5.82 Å². The second-order valence-corrected chi connectivity index (χ2v) is 10.2. The third-order valence-electron chi connectivity index (χ3n) is 6.04. The Morgan fingerprint density at radius 3 is 2.66 bits per heavy atom. The van der Waals surface area contributed by atoms with Crippen LogP contribution < -0.4 is 5.32 Å². The fourth-order valence-corrected chi connectivity index (χ4v) is 5.89. The van der Waals surface area contributed by atoms with Crippen molar-refractivity contribution in [3.63, 3.8) is 0 Å². The van der Waals surface area contributed by atoms with Crippen molar-refractivity contribution < 1.29 is 30.7 Å². The Hall–Kier alpha value is -2.18. The zero-order valence-electron chi connectivity index (χ0n) is 17.3. The lowest BCUT2D eigenvalue weighted by Gasteiger charge is -2.31. The van der Waals surface area contributed by atoms with Crippen molar-refractivity contribution in [3.05, 3.63) is 42.1 Å². The molecule has 4 rings (SSSR count). The van der Waals surface area contributed by atoms with Gasteiger partial charge in [0.15, 0.2) is 5.03 Å². The highest BCUT2D eigenvalue weighted by Gasteiger charge is 2.44. The summed E-state index contributed by atoms with van der Waals surface area (Å²) in [5.74, 6) is -1.49. The van der Waals surface area contributed by atoms with E-state index in [2.05, 4.69) is 10.3 Å². The number of halogens is 4. The summed E-state index contributed by atoms with van der Waals surface area (Å²) in [6.07, 6.45) is -0.373. The van der Waals surface area contributed by atoms with Gasteiger partial charge in [-0.15, -0.1) is 0 Å². The van der Waals surface area contributed by atoms with Crippen molar-refractivity contribution in [2.24, 2.45) is 18.9 Å². The molecule has 1 aromatic heterocycles. The Balaban J connectivity index is 1.61. The third kappa shape index (κ3) is 4.62. The number of hydrogen-bond donors (Lipinski definition) is 1. The van der Waals surface area contributed by atoms with Crippen molar-refractivity contribution in [2.45, 2.75) is 30.1 Å². The average molecular weight is 476 g/mol. The van der Waals surface area contributed by atoms with E-state index in [0.29, 0.717) is 13.2 Å². The number of sulfonamides is 1. The molecule has 0 spiro atoms. The monoisotopic (exact) mass is 476 g/mol. The molecule has 2 aliphatic rings. The number of nitrogens with zero attached hydrogens (tertiary/aromatic N) is 3. The van der Waals surface area contributed by atoms with Gasteiger partial charge in [-0.25, -0.2) is 17.8 Å². The highest BCUT2D eigenvalue weighted by molar-refractivity contribution is 7.89. The maximum atomic E-state index is 13.7. The summed E-state index contributed by atoms with van der Waals surface area (Å²) in [7, 11) is -2.21. The minimum atomic E-state index is -4.83. The Morgan fingerprint density at radius 1 is 1.25 bits per heavy atom. The third-order valence-corrected chi connectivity index (χ3v) is 7.76. The minimum Gasteiger partial charge on any atom is -0.381 e. The minimum absolute atomic E-state index is 0.0488. The standard InChI is InChI=1S/C20H24F4N4O3S/c1-27-10-19(25-12-27)32(29,30)28-8-15(13-3-2-6-31-11-13)18(9-28)26-14-4-5-17(21)16(7-14)20(22,23)24/h4-5,7,10,12-13,15,18,26H,2-3,6,8-9,11H2,1H3/t13-,15?,18?/m1/s1. The predicted molar refractivity (Wildman–Crippen MR) is 108 cm³/mol. The van der Waals surface area contributed by atoms with E-state index in [0.717, 1.165) is 25.0 Å². The van der Waals surface area contributed by atoms with Gasteiger partial charge < -0.3 is 14.6 Å². The molecular weight excluding hydrogens is 452 g/mol. The van der Waals surface area contributed by atoms with E-state index >= 15 is 0 Å². The van der Waals surface area contributed by atoms with Crippen LogP contribution in [0.2, 0.25) is 0 Å². The second kappa shape index (κ2) is 8.64. The first-order valence-electron chi connectivity index (χ1n) is 10.2. The molecule has 1 N–H and O–H groups in total. The van der Waals surface area contributed by atoms with Gasteiger partial charge in [-0.2, -0.15) is 17.5 Å². The Bertz CT molecular complexity index is 1070. The Kier molecular flexibility index (Phi) is 6.21. The molecule has 2 unspecified atom stereocenters. The normalized spacial score (nSPS) is 25.2. The number of aryl methyl sites for hydroxylation is 1. The maximum absolute atomic E-state index is 13.7. The lowest BCUT2D eigenvalue weighted by molar-refractivity contribution is -0.139. The summed E-state index contributed by atoms with van der Waals surface area (Å²) >= 11 is 0. The molecule has 0 amide bonds. The number of imidazole rings is 1. The first-order chi connectivity index (χ1) is 15.1. The van der Waals surface area contributed by atoms with Crippen molar-refractivity contribution in [3.8, 4) is 0 Å². The highest BCUT2D eigenvalue weighted by Crippen LogP contribution is 2.36. The Morgan fingerprint density at radius 2 is 2.03 bits per heavy atom. The SMILES string of the molecule is Cn1cnc(S(=O)(=O)N2CC(Nc3ccc(F)c(C(F)(F)F)c3)C([C@@H]3CCCOC3)C2)c1. The number of benzene rings is 1. The molecule has 2 fully saturated rings. The number of ether oxygens (including phenoxy) is 1. The van der Waals surface area contributed by atoms with Crippen LogP contribution in [0.15, 0.2) is 35.7 Å². The van der Waals surface area contributed by atoms with Gasteiger partial charge in [0, 0.05) is 51.3 Å². The van der Waals surface area contributed by atoms with Crippen LogP contribution in [0.1, 0.15) is 18.4 Å². The van der Waals surface area contributed by atoms with Crippen LogP contribution in [0, 0.1) is 17.7 Å². The fraction of sp³-hybridized carbons (Fsp3) is 0.550. The van der Waals surface area contributed by atoms with E-state index in [1.165, 1.54) is 27.5 Å². The van der Waals surface area contributed by atoms with Crippen molar-refractivity contribution in [1.82, 2.24) is 13.9 Å². The summed E-state index contributed by atoms with van der Waals surface area (Å²) < 4.78 is 87.7. The number of aromatic nitrogens is 2. The van der Waals surface area contributed by atoms with Crippen molar-refractivity contribution in [1.29, 1.82) is 0 Å². The summed E-state index contributed by atoms with van der Waals surface area (Å²) in [6.45, 7) is 1.33. The maximum Gasteiger partial charge on any atom is 0.419 e. The van der Waals surface area contributed by atoms with Crippen LogP contribution in [-0.2, 0) is 28.0 Å². The molecule has 176 valence electrons. The fourth-order valence-electron chi connectivity index (χ4n) is 4.42. The molecule has 3 atom stereocenters. The van der Waals surface area contributed by atoms with E-state index in [-0.39, 0.29) is 35.6 Å². The van der Waals surface area contributed by atoms with Gasteiger partial charge in [-0.3, -0.25) is 0 Å². The van der Waals surface area contributed by atoms with Crippen LogP contribution >= 0.6 is 0 Å². The van der Waals surface area contributed by atoms with E-state index in [1.807, 2.05) is 0 Å². The number of anilines is 1. The van der Waals surface area contributed by atoms with Gasteiger partial charge in [0.25, 0.3) is 10.0 Å². The second-order valence-electron chi connectivity index (χ2n) is 8.28. The first kappa shape index (κ1) is 23.0. The lowest BCUT2D eigenvalue weighted by atomic mass is 9.84. The molecular formula is C20H24F4N4O3S. The molecule has 7 nitrogen and oxygen atoms in total. The largest absolute Gasteiger partial charge is 0.419 e. The summed E-state index contributed by atoms with van der Waals surface area (Å²) in [5.41, 5.74) is -1.28. The molecule has 2 saturated heterocycles. The first-order valence-corrected chi connectivity index (χ1v) is 11.7. The van der Waals surface area contributed by atoms with E-state index in [1.54, 1.807) is 7.05 Å². The molecule has 1 aromatic carbocycles. The summed E-state index contributed by atoms with van der Waals surface area (Å²) in [5, 5.41) is 2.95. The van der Waals surface area contributed by atoms with Gasteiger partial charge in [-0.05, 0) is 42.9 Å². The van der Waals surface area contributed by atoms with Crippen LogP contribution in [0.5, 0.6) is 0 Å². The molecule has 32 heavy (non-hydrogen) atoms. The van der Waals surface area contributed by atoms with Gasteiger partial charge in [-0.1, -0.05) is 0 Å². The molecule has 2 aromatic rings. The Labute approximate surface area is 183 Å². The quantitative estimate of drug-likeness (QED) is 0.672. The topological polar surface area (TPSA) is 76.5 Å². The van der Waals surface area contributed by atoms with E-state index in [9.17, 15) is 26.0 Å². The zero-order chi connectivity index (χ0) is 23.1. The van der Waals surface area contributed by atoms with E-state index in [4.69, 9.17) is 4.74 Å². The molecule has 3 heterocycles. The molecule has 0 radical (unpaired) electrons. The predicted octanol–water partition coefficient (Wildman–Crippen LogP) is 3.11. The van der Waals surface area contributed by atoms with Crippen LogP contribution in [0.25, 0.3) is 0 Å². The van der Waals surface area contributed by atoms with Crippen LogP contribution in [-0.4, -0.2) is 54.6 Å².